The third kappa shape index (κ3) is 2.42. The van der Waals surface area contributed by atoms with E-state index in [-0.39, 0.29) is 29.6 Å². The number of thiophene rings is 1. The van der Waals surface area contributed by atoms with Crippen molar-refractivity contribution in [1.82, 2.24) is 0 Å². The summed E-state index contributed by atoms with van der Waals surface area (Å²) in [5.41, 5.74) is 0.852. The molecular weight excluding hydrogens is 219 g/mol. The number of hydrogen-bond donors (Lipinski definition) is 0. The van der Waals surface area contributed by atoms with Crippen LogP contribution >= 0.6 is 11.3 Å². The van der Waals surface area contributed by atoms with E-state index in [1.165, 1.54) is 0 Å². The van der Waals surface area contributed by atoms with Crippen LogP contribution in [0.25, 0.3) is 10.1 Å². The number of carbonyl (C=O) groups excluding carboxylic acids is 1. The number of carboxylic acids is 1. The molecule has 0 aliphatic rings. The summed E-state index contributed by atoms with van der Waals surface area (Å²) in [6.07, 6.45) is 0. The predicted molar refractivity (Wildman–Crippen MR) is 55.2 cm³/mol. The van der Waals surface area contributed by atoms with Gasteiger partial charge in [-0.25, -0.2) is 0 Å². The first-order chi connectivity index (χ1) is 6.70. The van der Waals surface area contributed by atoms with Crippen molar-refractivity contribution in [3.63, 3.8) is 0 Å². The second-order valence-electron chi connectivity index (χ2n) is 3.23. The number of benzene rings is 1. The number of fused-ring (bicyclic) bond motifs is 1. The van der Waals surface area contributed by atoms with Crippen LogP contribution in [0.5, 0.6) is 0 Å². The SMILES string of the molecule is C[C@@H](C(=O)[O-])c1csc2ccccc12.[Na+]. The molecule has 72 valence electrons. The summed E-state index contributed by atoms with van der Waals surface area (Å²) in [7, 11) is 0. The minimum atomic E-state index is -1.02. The third-order valence-corrected chi connectivity index (χ3v) is 3.31. The fraction of sp³-hybridized carbons (Fsp3) is 0.182. The molecule has 1 aromatic heterocycles. The molecule has 1 atom stereocenters. The molecule has 0 fully saturated rings. The van der Waals surface area contributed by atoms with Crippen molar-refractivity contribution < 1.29 is 39.5 Å². The van der Waals surface area contributed by atoms with Crippen LogP contribution < -0.4 is 34.7 Å². The molecule has 0 radical (unpaired) electrons. The van der Waals surface area contributed by atoms with Gasteiger partial charge in [0.25, 0.3) is 0 Å². The average molecular weight is 228 g/mol. The zero-order valence-electron chi connectivity index (χ0n) is 8.69. The van der Waals surface area contributed by atoms with Gasteiger partial charge < -0.3 is 9.90 Å². The molecule has 0 aliphatic carbocycles. The molecule has 0 saturated heterocycles. The first-order valence-corrected chi connectivity index (χ1v) is 5.25. The standard InChI is InChI=1S/C11H10O2S.Na/c1-7(11(12)13)9-6-14-10-5-3-2-4-8(9)10;/h2-7H,1H3,(H,12,13);/q;+1/p-1/t7-;/m1./s1. The summed E-state index contributed by atoms with van der Waals surface area (Å²) in [6.45, 7) is 1.66. The Balaban J connectivity index is 0.00000112. The number of hydrogen-bond acceptors (Lipinski definition) is 3. The molecule has 0 saturated carbocycles. The van der Waals surface area contributed by atoms with Gasteiger partial charge in [-0.05, 0) is 22.4 Å². The van der Waals surface area contributed by atoms with E-state index in [4.69, 9.17) is 0 Å². The van der Waals surface area contributed by atoms with E-state index in [9.17, 15) is 9.90 Å². The maximum Gasteiger partial charge on any atom is 1.00 e. The molecule has 2 rings (SSSR count). The van der Waals surface area contributed by atoms with Crippen LogP contribution in [0.1, 0.15) is 18.4 Å². The zero-order chi connectivity index (χ0) is 10.1. The van der Waals surface area contributed by atoms with Crippen LogP contribution in [0.2, 0.25) is 0 Å². The zero-order valence-corrected chi connectivity index (χ0v) is 11.5. The summed E-state index contributed by atoms with van der Waals surface area (Å²) in [6, 6.07) is 7.80. The molecule has 0 spiro atoms. The molecule has 0 aliphatic heterocycles. The van der Waals surface area contributed by atoms with Crippen LogP contribution in [-0.2, 0) is 4.79 Å². The van der Waals surface area contributed by atoms with Gasteiger partial charge in [-0.2, -0.15) is 0 Å². The van der Waals surface area contributed by atoms with Gasteiger partial charge in [-0.1, -0.05) is 25.1 Å². The van der Waals surface area contributed by atoms with E-state index in [1.54, 1.807) is 18.3 Å². The molecular formula is C11H9NaO2S. The van der Waals surface area contributed by atoms with Crippen molar-refractivity contribution in [3.05, 3.63) is 35.2 Å². The predicted octanol–water partition coefficient (Wildman–Crippen LogP) is -1.24. The van der Waals surface area contributed by atoms with E-state index in [1.807, 2.05) is 29.6 Å². The number of carbonyl (C=O) groups is 1. The Bertz CT molecular complexity index is 478. The van der Waals surface area contributed by atoms with Gasteiger partial charge >= 0.3 is 29.6 Å². The number of carboxylic acid groups (broad SMARTS) is 1. The summed E-state index contributed by atoms with van der Waals surface area (Å²) < 4.78 is 1.12. The van der Waals surface area contributed by atoms with Gasteiger partial charge in [0.05, 0.1) is 0 Å². The van der Waals surface area contributed by atoms with E-state index in [2.05, 4.69) is 0 Å². The maximum atomic E-state index is 10.7. The largest absolute Gasteiger partial charge is 1.00 e. The van der Waals surface area contributed by atoms with Crippen LogP contribution in [0, 0.1) is 0 Å². The van der Waals surface area contributed by atoms with Crippen molar-refractivity contribution in [2.24, 2.45) is 0 Å². The Labute approximate surface area is 114 Å². The smallest absolute Gasteiger partial charge is 0.550 e. The summed E-state index contributed by atoms with van der Waals surface area (Å²) in [5.74, 6) is -1.56. The molecule has 0 unspecified atom stereocenters. The van der Waals surface area contributed by atoms with Gasteiger partial charge in [0.2, 0.25) is 0 Å². The second-order valence-corrected chi connectivity index (χ2v) is 4.14. The molecule has 15 heavy (non-hydrogen) atoms. The normalized spacial score (nSPS) is 12.1. The maximum absolute atomic E-state index is 10.7. The number of aliphatic carboxylic acids is 1. The molecule has 0 amide bonds. The van der Waals surface area contributed by atoms with Gasteiger partial charge in [0.1, 0.15) is 0 Å². The Kier molecular flexibility index (Phi) is 4.34. The van der Waals surface area contributed by atoms with Gasteiger partial charge in [-0.3, -0.25) is 0 Å². The van der Waals surface area contributed by atoms with Crippen molar-refractivity contribution in [3.8, 4) is 0 Å². The molecule has 4 heteroatoms. The first kappa shape index (κ1) is 12.7. The van der Waals surface area contributed by atoms with Crippen molar-refractivity contribution >= 4 is 27.4 Å². The molecule has 0 N–H and O–H groups in total. The van der Waals surface area contributed by atoms with Crippen LogP contribution in [0.15, 0.2) is 29.6 Å². The average Bonchev–Trinajstić information content (AvgIpc) is 2.60. The van der Waals surface area contributed by atoms with Crippen molar-refractivity contribution in [1.29, 1.82) is 0 Å². The fourth-order valence-corrected chi connectivity index (χ4v) is 2.52. The van der Waals surface area contributed by atoms with Crippen LogP contribution in [0.3, 0.4) is 0 Å². The Hall–Kier alpha value is -0.350. The van der Waals surface area contributed by atoms with E-state index in [0.29, 0.717) is 0 Å². The quantitative estimate of drug-likeness (QED) is 0.603. The summed E-state index contributed by atoms with van der Waals surface area (Å²) in [4.78, 5) is 10.7. The minimum Gasteiger partial charge on any atom is -0.550 e. The molecule has 2 nitrogen and oxygen atoms in total. The summed E-state index contributed by atoms with van der Waals surface area (Å²) in [5, 5.41) is 13.7. The third-order valence-electron chi connectivity index (χ3n) is 2.33. The Morgan fingerprint density at radius 1 is 1.40 bits per heavy atom. The number of rotatable bonds is 2. The first-order valence-electron chi connectivity index (χ1n) is 4.37. The fourth-order valence-electron chi connectivity index (χ4n) is 1.46. The monoisotopic (exact) mass is 228 g/mol. The summed E-state index contributed by atoms with van der Waals surface area (Å²) >= 11 is 1.57. The Morgan fingerprint density at radius 3 is 2.73 bits per heavy atom. The second kappa shape index (κ2) is 5.12. The Morgan fingerprint density at radius 2 is 2.07 bits per heavy atom. The van der Waals surface area contributed by atoms with Crippen molar-refractivity contribution in [2.75, 3.05) is 0 Å². The van der Waals surface area contributed by atoms with Crippen molar-refractivity contribution in [2.45, 2.75) is 12.8 Å². The molecule has 1 aromatic carbocycles. The van der Waals surface area contributed by atoms with Gasteiger partial charge in [0, 0.05) is 16.6 Å². The van der Waals surface area contributed by atoms with E-state index in [0.717, 1.165) is 15.6 Å². The molecule has 1 heterocycles. The molecule has 0 bridgehead atoms. The van der Waals surface area contributed by atoms with E-state index < -0.39 is 11.9 Å². The molecule has 2 aromatic rings. The van der Waals surface area contributed by atoms with Gasteiger partial charge in [0.15, 0.2) is 0 Å². The van der Waals surface area contributed by atoms with Gasteiger partial charge in [-0.15, -0.1) is 11.3 Å². The topological polar surface area (TPSA) is 40.1 Å². The van der Waals surface area contributed by atoms with E-state index >= 15 is 0 Å². The van der Waals surface area contributed by atoms with Crippen LogP contribution in [0.4, 0.5) is 0 Å². The van der Waals surface area contributed by atoms with Crippen LogP contribution in [-0.4, -0.2) is 5.97 Å². The minimum absolute atomic E-state index is 0.